The maximum absolute atomic E-state index is 16.0. The molecule has 6 saturated heterocycles. The topological polar surface area (TPSA) is 521 Å². The average molecular weight is 1450 g/mol. The summed E-state index contributed by atoms with van der Waals surface area (Å²) in [6, 6.07) is 0. The highest BCUT2D eigenvalue weighted by atomic mass is 32.7. The first-order valence-electron chi connectivity index (χ1n) is 26.3. The number of H-pyrrole nitrogens is 4. The van der Waals surface area contributed by atoms with E-state index >= 15 is 17.6 Å². The van der Waals surface area contributed by atoms with Crippen LogP contribution in [0.3, 0.4) is 0 Å². The van der Waals surface area contributed by atoms with Crippen molar-refractivity contribution < 1.29 is 91.9 Å². The van der Waals surface area contributed by atoms with Gasteiger partial charge in [0.1, 0.15) is 54.7 Å². The lowest BCUT2D eigenvalue weighted by Gasteiger charge is -2.29. The normalized spacial score (nSPS) is 37.1. The van der Waals surface area contributed by atoms with Crippen LogP contribution in [0.5, 0.6) is 0 Å². The molecule has 8 aromatic heterocycles. The molecule has 6 fully saturated rings. The maximum atomic E-state index is 16.0. The van der Waals surface area contributed by atoms with E-state index in [0.29, 0.717) is 0 Å². The zero-order chi connectivity index (χ0) is 65.4. The van der Waals surface area contributed by atoms with Crippen LogP contribution in [-0.2, 0) is 95.1 Å². The predicted octanol–water partition coefficient (Wildman–Crippen LogP) is -0.175. The summed E-state index contributed by atoms with van der Waals surface area (Å²) < 4.78 is 149. The number of nitrogens with zero attached hydrogens (tertiary/aromatic N) is 12. The molecule has 14 rings (SSSR count). The van der Waals surface area contributed by atoms with E-state index in [0.717, 1.165) is 43.6 Å². The highest BCUT2D eigenvalue weighted by Crippen LogP contribution is 2.59. The SMILES string of the molecule is Cc1nc2c(ncn2[C@@H]2O[C@@H]3COP(O)(=S)O[C@H]4[C@@H](F)[C@H](n5cnc6c(=O)[nH]c(N)nc65)O[C@@H]4COP(=O)(S)O[C@H]3[C@H]2F)c(=O)[nH]1.Nc1nc2c(ncn2[C@@H]2O[C@@H]3COP(O)(=S)O[C@H]4[C@@H](F)[C@H](n5cnc6c(=O)[nH]c(N)nc65)O[C@@H]4COP(O)(=S)O[C@H]3[C@H]2F)c(=O)[nH]1. The first-order chi connectivity index (χ1) is 43.4. The lowest BCUT2D eigenvalue weighted by Crippen LogP contribution is -2.37. The molecule has 0 aliphatic carbocycles. The molecule has 20 atom stereocenters. The Morgan fingerprint density at radius 2 is 0.739 bits per heavy atom. The third-order valence-electron chi connectivity index (χ3n) is 14.7. The standard InChI is InChI=1S/C21H23F2N9O10P2S2.C20H22F2N10O10P2S2/c1-6-27-15-11(17(33)28-6)25-4-31(15)19-9(22)13-7(39-19)2-37-44(36,46)42-14-8(3-38-43(35,45)41-13)40-20(10(14)23)32-5-26-12-16(32)29-21(24)30-18(12)34;21-7-11-5(39-17(7)31-3-25-9-13(31)27-19(23)29-15(9)33)1-37-43(35,45)42-12-6(2-38-44(36,46)41-11)40-18(8(12)22)32-4-26-10-14(32)28-20(24)30-16(10)34/h4-5,7-10,13-14,19-20H,2-3H2,1H3,(H,35,45)(H,36,46)(H,27,28,33)(H3,24,29,30,34);3-8,11-12,17-18H,1-2H2,(H,35,45)(H,36,46)(H3,23,27,29,33)(H3,24,28,30,34)/t7-,8-,9-,10-,13-,14-,19-,20-,43?,44?;5-,6-,7-,8-,11-,12-,17-,18-,43?,44?/m11/s1. The zero-order valence-corrected chi connectivity index (χ0v) is 52.7. The molecule has 0 radical (unpaired) electrons. The Morgan fingerprint density at radius 3 is 1.04 bits per heavy atom. The van der Waals surface area contributed by atoms with Gasteiger partial charge in [-0.3, -0.25) is 75.0 Å². The second-order valence-electron chi connectivity index (χ2n) is 20.7. The third kappa shape index (κ3) is 12.3. The molecule has 6 aliphatic heterocycles. The van der Waals surface area contributed by atoms with Gasteiger partial charge in [-0.1, -0.05) is 12.2 Å². The molecule has 4 unspecified atom stereocenters. The zero-order valence-electron chi connectivity index (χ0n) is 45.7. The van der Waals surface area contributed by atoms with Crippen molar-refractivity contribution in [3.63, 3.8) is 0 Å². The molecule has 39 nitrogen and oxygen atoms in total. The minimum atomic E-state index is -4.45. The van der Waals surface area contributed by atoms with Crippen molar-refractivity contribution in [2.75, 3.05) is 43.6 Å². The number of nitrogens with one attached hydrogen (secondary N) is 4. The lowest BCUT2D eigenvalue weighted by molar-refractivity contribution is -0.0583. The van der Waals surface area contributed by atoms with E-state index in [1.165, 1.54) is 6.92 Å². The monoisotopic (exact) mass is 1450 g/mol. The summed E-state index contributed by atoms with van der Waals surface area (Å²) in [7, 11) is 0. The summed E-state index contributed by atoms with van der Waals surface area (Å²) in [6.45, 7) is -18.7. The molecule has 0 saturated carbocycles. The van der Waals surface area contributed by atoms with E-state index < -0.39 is 174 Å². The number of nitrogens with two attached hydrogens (primary N) is 3. The van der Waals surface area contributed by atoms with Crippen LogP contribution >= 0.6 is 39.2 Å². The highest BCUT2D eigenvalue weighted by Gasteiger charge is 2.56. The number of rotatable bonds is 4. The minimum absolute atomic E-state index is 0.00488. The Balaban J connectivity index is 0.000000168. The number of alkyl halides is 4. The van der Waals surface area contributed by atoms with Gasteiger partial charge in [0.2, 0.25) is 17.8 Å². The molecule has 14 heterocycles. The quantitative estimate of drug-likeness (QED) is 0.0619. The molecule has 0 bridgehead atoms. The molecule has 6 aliphatic rings. The maximum Gasteiger partial charge on any atom is 0.386 e. The van der Waals surface area contributed by atoms with Crippen molar-refractivity contribution in [3.8, 4) is 0 Å². The Kier molecular flexibility index (Phi) is 17.2. The fourth-order valence-corrected chi connectivity index (χ4v) is 16.5. The van der Waals surface area contributed by atoms with Crippen molar-refractivity contribution in [3.05, 3.63) is 72.5 Å². The van der Waals surface area contributed by atoms with Crippen molar-refractivity contribution in [1.82, 2.24) is 78.1 Å². The van der Waals surface area contributed by atoms with Gasteiger partial charge in [0.25, 0.3) is 22.2 Å². The Labute approximate surface area is 526 Å². The number of ether oxygens (including phenoxy) is 4. The summed E-state index contributed by atoms with van der Waals surface area (Å²) in [5.41, 5.74) is 13.3. The van der Waals surface area contributed by atoms with Crippen molar-refractivity contribution >= 4 is 137 Å². The van der Waals surface area contributed by atoms with Crippen LogP contribution in [0.2, 0.25) is 0 Å². The largest absolute Gasteiger partial charge is 0.386 e. The van der Waals surface area contributed by atoms with Crippen molar-refractivity contribution in [1.29, 1.82) is 0 Å². The van der Waals surface area contributed by atoms with Gasteiger partial charge in [0.05, 0.1) is 51.7 Å². The van der Waals surface area contributed by atoms with Gasteiger partial charge in [0.15, 0.2) is 94.3 Å². The summed E-state index contributed by atoms with van der Waals surface area (Å²) in [4.78, 5) is 123. The minimum Gasteiger partial charge on any atom is -0.369 e. The number of halogens is 4. The van der Waals surface area contributed by atoms with Gasteiger partial charge in [0, 0.05) is 0 Å². The Morgan fingerprint density at radius 1 is 0.478 bits per heavy atom. The molecular formula is C41H45F4N19O20P4S4. The molecule has 496 valence electrons. The smallest absolute Gasteiger partial charge is 0.369 e. The van der Waals surface area contributed by atoms with E-state index in [4.69, 9.17) is 108 Å². The molecule has 0 aromatic carbocycles. The van der Waals surface area contributed by atoms with Crippen LogP contribution in [0.4, 0.5) is 35.4 Å². The van der Waals surface area contributed by atoms with Crippen LogP contribution in [0.15, 0.2) is 44.5 Å². The van der Waals surface area contributed by atoms with E-state index in [1.807, 2.05) is 0 Å². The number of hydrogen-bond donors (Lipinski definition) is 11. The molecule has 0 spiro atoms. The van der Waals surface area contributed by atoms with Crippen LogP contribution < -0.4 is 39.4 Å². The number of aromatic amines is 4. The Hall–Kier alpha value is -5.55. The number of aryl methyl sites for hydroxylation is 1. The van der Waals surface area contributed by atoms with Crippen molar-refractivity contribution in [2.45, 2.75) is 105 Å². The second kappa shape index (κ2) is 24.3. The summed E-state index contributed by atoms with van der Waals surface area (Å²) in [5, 5.41) is 0. The highest BCUT2D eigenvalue weighted by molar-refractivity contribution is 8.44. The molecular weight excluding hydrogens is 1410 g/mol. The number of hydrogen-bond acceptors (Lipinski definition) is 31. The van der Waals surface area contributed by atoms with Gasteiger partial charge in [-0.25, -0.2) is 47.0 Å². The fourth-order valence-electron chi connectivity index (χ4n) is 10.7. The van der Waals surface area contributed by atoms with Crippen LogP contribution in [0.1, 0.15) is 30.7 Å². The predicted molar refractivity (Wildman–Crippen MR) is 315 cm³/mol. The fraction of sp³-hybridized carbons (Fsp3) is 0.512. The number of imidazole rings is 4. The number of aromatic nitrogens is 16. The molecule has 0 amide bonds. The first kappa shape index (κ1) is 65.1. The summed E-state index contributed by atoms with van der Waals surface area (Å²) in [5.74, 6) is -0.588. The summed E-state index contributed by atoms with van der Waals surface area (Å²) >= 11 is 19.3. The number of nitrogen functional groups attached to an aromatic ring is 3. The van der Waals surface area contributed by atoms with E-state index in [-0.39, 0.29) is 68.3 Å². The second-order valence-corrected chi connectivity index (χ2v) is 31.9. The van der Waals surface area contributed by atoms with Gasteiger partial charge in [-0.15, -0.1) is 0 Å². The van der Waals surface area contributed by atoms with Gasteiger partial charge >= 0.3 is 27.0 Å². The third-order valence-corrected chi connectivity index (χ3v) is 21.0. The molecule has 92 heavy (non-hydrogen) atoms. The average Bonchev–Trinajstić information content (AvgIpc) is 1.63. The van der Waals surface area contributed by atoms with Crippen molar-refractivity contribution in [2.24, 2.45) is 0 Å². The summed E-state index contributed by atoms with van der Waals surface area (Å²) in [6.07, 6.45) is -22.6. The lowest BCUT2D eigenvalue weighted by atomic mass is 10.1. The Bertz CT molecular complexity index is 4130. The number of thiol groups is 1. The van der Waals surface area contributed by atoms with E-state index in [9.17, 15) is 38.4 Å². The van der Waals surface area contributed by atoms with Gasteiger partial charge in [-0.2, -0.15) is 15.0 Å². The number of fused-ring (bicyclic) bond motifs is 8. The van der Waals surface area contributed by atoms with E-state index in [2.05, 4.69) is 72.1 Å². The molecule has 13 N–H and O–H groups in total. The van der Waals surface area contributed by atoms with Crippen LogP contribution in [0, 0.1) is 6.92 Å². The van der Waals surface area contributed by atoms with E-state index in [1.54, 1.807) is 0 Å². The van der Waals surface area contributed by atoms with Gasteiger partial charge < -0.3 is 69.4 Å². The first-order valence-corrected chi connectivity index (χ1v) is 36.8. The van der Waals surface area contributed by atoms with Crippen LogP contribution in [0.25, 0.3) is 44.7 Å². The van der Waals surface area contributed by atoms with Gasteiger partial charge in [-0.05, 0) is 42.3 Å². The number of anilines is 3. The molecule has 8 aromatic rings. The molecule has 51 heteroatoms. The van der Waals surface area contributed by atoms with Crippen LogP contribution in [-0.4, -0.2) is 193 Å².